The molecule has 1 aliphatic carbocycles. The van der Waals surface area contributed by atoms with Crippen LogP contribution < -0.4 is 0 Å². The molecule has 0 bridgehead atoms. The molecule has 5 aromatic carbocycles. The Balaban J connectivity index is 1.43. The van der Waals surface area contributed by atoms with Gasteiger partial charge in [-0.3, -0.25) is 0 Å². The summed E-state index contributed by atoms with van der Waals surface area (Å²) in [4.78, 5) is 0. The van der Waals surface area contributed by atoms with Gasteiger partial charge in [0.15, 0.2) is 0 Å². The molecule has 0 heteroatoms. The third-order valence-corrected chi connectivity index (χ3v) is 6.38. The number of hydrogen-bond donors (Lipinski definition) is 0. The van der Waals surface area contributed by atoms with Gasteiger partial charge < -0.3 is 0 Å². The van der Waals surface area contributed by atoms with Gasteiger partial charge in [0.05, 0.1) is 0 Å². The van der Waals surface area contributed by atoms with Crippen LogP contribution in [0.15, 0.2) is 121 Å². The van der Waals surface area contributed by atoms with Gasteiger partial charge in [-0.15, -0.1) is 0 Å². The quantitative estimate of drug-likeness (QED) is 0.229. The minimum absolute atomic E-state index is 0.886. The normalized spacial score (nSPS) is 10.9. The number of hydrogen-bond acceptors (Lipinski definition) is 0. The molecule has 0 atom stereocenters. The molecule has 35 heavy (non-hydrogen) atoms. The number of fused-ring (bicyclic) bond motifs is 3. The fourth-order valence-corrected chi connectivity index (χ4v) is 4.72. The van der Waals surface area contributed by atoms with Crippen molar-refractivity contribution in [1.82, 2.24) is 0 Å². The molecule has 5 aromatic rings. The van der Waals surface area contributed by atoms with Crippen molar-refractivity contribution >= 4 is 0 Å². The first-order valence-corrected chi connectivity index (χ1v) is 11.8. The molecule has 0 aromatic heterocycles. The molecule has 0 nitrogen and oxygen atoms in total. The van der Waals surface area contributed by atoms with Crippen LogP contribution in [-0.2, 0) is 6.42 Å². The van der Waals surface area contributed by atoms with Crippen molar-refractivity contribution < 1.29 is 0 Å². The lowest BCUT2D eigenvalue weighted by Crippen LogP contribution is -1.93. The predicted molar refractivity (Wildman–Crippen MR) is 145 cm³/mol. The topological polar surface area (TPSA) is 0 Å². The van der Waals surface area contributed by atoms with Crippen LogP contribution in [0.3, 0.4) is 0 Å². The van der Waals surface area contributed by atoms with Crippen molar-refractivity contribution in [1.29, 1.82) is 0 Å². The van der Waals surface area contributed by atoms with Crippen molar-refractivity contribution in [3.63, 3.8) is 0 Å². The van der Waals surface area contributed by atoms with Crippen LogP contribution in [0.2, 0.25) is 0 Å². The highest BCUT2D eigenvalue weighted by Crippen LogP contribution is 2.43. The Bertz CT molecular complexity index is 1640. The van der Waals surface area contributed by atoms with Crippen LogP contribution in [0.4, 0.5) is 0 Å². The molecule has 0 N–H and O–H groups in total. The molecule has 0 amide bonds. The van der Waals surface area contributed by atoms with Crippen LogP contribution in [-0.4, -0.2) is 0 Å². The largest absolute Gasteiger partial charge is 0.0622 e. The van der Waals surface area contributed by atoms with Gasteiger partial charge >= 0.3 is 0 Å². The van der Waals surface area contributed by atoms with Gasteiger partial charge in [0, 0.05) is 27.8 Å². The van der Waals surface area contributed by atoms with Crippen molar-refractivity contribution in [2.24, 2.45) is 0 Å². The summed E-state index contributed by atoms with van der Waals surface area (Å²) in [5.74, 6) is 13.4. The number of rotatable bonds is 1. The summed E-state index contributed by atoms with van der Waals surface area (Å²) in [6.07, 6.45) is 0.886. The minimum atomic E-state index is 0.886. The third-order valence-electron chi connectivity index (χ3n) is 6.38. The smallest absolute Gasteiger partial charge is 0.0330 e. The Morgan fingerprint density at radius 2 is 1.03 bits per heavy atom. The van der Waals surface area contributed by atoms with Gasteiger partial charge in [-0.25, -0.2) is 0 Å². The lowest BCUT2D eigenvalue weighted by Gasteiger charge is -2.12. The Kier molecular flexibility index (Phi) is 5.48. The maximum atomic E-state index is 3.46. The van der Waals surface area contributed by atoms with Gasteiger partial charge in [0.2, 0.25) is 0 Å². The molecule has 0 radical (unpaired) electrons. The molecule has 6 rings (SSSR count). The predicted octanol–water partition coefficient (Wildman–Crippen LogP) is 7.72. The van der Waals surface area contributed by atoms with E-state index >= 15 is 0 Å². The molecule has 0 fully saturated rings. The first kappa shape index (κ1) is 20.8. The molecule has 0 unspecified atom stereocenters. The fraction of sp³-hybridized carbons (Fsp3) is 0.0286. The van der Waals surface area contributed by atoms with E-state index in [0.29, 0.717) is 0 Å². The molecule has 0 saturated carbocycles. The molecular formula is C35H22. The van der Waals surface area contributed by atoms with E-state index in [1.54, 1.807) is 0 Å². The highest BCUT2D eigenvalue weighted by atomic mass is 14.3. The molecule has 0 aliphatic heterocycles. The summed E-state index contributed by atoms with van der Waals surface area (Å²) in [5.41, 5.74) is 11.9. The summed E-state index contributed by atoms with van der Waals surface area (Å²) in [6.45, 7) is 0. The standard InChI is InChI=1S/C35H22/c1-4-10-26(11-5-1)16-17-28-19-22-32-31(24-28)25-34-33(32)23-21-30(20-18-27-12-6-2-7-13-27)35(34)29-14-8-3-9-15-29/h1-15,19,21-24H,25H2. The van der Waals surface area contributed by atoms with Crippen LogP contribution in [0.25, 0.3) is 22.3 Å². The molecule has 0 heterocycles. The van der Waals surface area contributed by atoms with Crippen LogP contribution >= 0.6 is 0 Å². The Labute approximate surface area is 206 Å². The van der Waals surface area contributed by atoms with Crippen LogP contribution in [0.5, 0.6) is 0 Å². The second-order valence-electron chi connectivity index (χ2n) is 8.66. The average Bonchev–Trinajstić information content (AvgIpc) is 3.30. The molecular weight excluding hydrogens is 420 g/mol. The minimum Gasteiger partial charge on any atom is -0.0622 e. The van der Waals surface area contributed by atoms with Gasteiger partial charge in [-0.2, -0.15) is 0 Å². The molecule has 162 valence electrons. The maximum absolute atomic E-state index is 3.46. The molecule has 0 spiro atoms. The summed E-state index contributed by atoms with van der Waals surface area (Å²) >= 11 is 0. The van der Waals surface area contributed by atoms with Crippen molar-refractivity contribution in [2.75, 3.05) is 0 Å². The third kappa shape index (κ3) is 4.27. The average molecular weight is 443 g/mol. The van der Waals surface area contributed by atoms with Gasteiger partial charge in [0.25, 0.3) is 0 Å². The van der Waals surface area contributed by atoms with Crippen molar-refractivity contribution in [3.05, 3.63) is 155 Å². The van der Waals surface area contributed by atoms with E-state index in [-0.39, 0.29) is 0 Å². The van der Waals surface area contributed by atoms with Gasteiger partial charge in [-0.05, 0) is 76.7 Å². The monoisotopic (exact) mass is 442 g/mol. The zero-order valence-corrected chi connectivity index (χ0v) is 19.3. The van der Waals surface area contributed by atoms with E-state index in [0.717, 1.165) is 28.7 Å². The lowest BCUT2D eigenvalue weighted by molar-refractivity contribution is 1.26. The SMILES string of the molecule is C(#Cc1ccc2c(c1)Cc1c-2ccc(C#Cc2ccccc2)c1-c1ccccc1)c1ccccc1. The zero-order chi connectivity index (χ0) is 23.5. The second-order valence-corrected chi connectivity index (χ2v) is 8.66. The van der Waals surface area contributed by atoms with Crippen LogP contribution in [0.1, 0.15) is 33.4 Å². The second kappa shape index (κ2) is 9.23. The molecule has 1 aliphatic rings. The van der Waals surface area contributed by atoms with E-state index in [1.165, 1.54) is 33.4 Å². The first-order chi connectivity index (χ1) is 17.3. The van der Waals surface area contributed by atoms with E-state index < -0.39 is 0 Å². The van der Waals surface area contributed by atoms with E-state index in [9.17, 15) is 0 Å². The van der Waals surface area contributed by atoms with Gasteiger partial charge in [-0.1, -0.05) is 103 Å². The summed E-state index contributed by atoms with van der Waals surface area (Å²) < 4.78 is 0. The summed E-state index contributed by atoms with van der Waals surface area (Å²) in [7, 11) is 0. The highest BCUT2D eigenvalue weighted by molar-refractivity contribution is 5.88. The summed E-state index contributed by atoms with van der Waals surface area (Å²) in [6, 6.07) is 42.0. The van der Waals surface area contributed by atoms with Crippen LogP contribution in [0, 0.1) is 23.7 Å². The van der Waals surface area contributed by atoms with E-state index in [1.807, 2.05) is 48.5 Å². The number of benzene rings is 5. The first-order valence-electron chi connectivity index (χ1n) is 11.8. The van der Waals surface area contributed by atoms with Crippen molar-refractivity contribution in [2.45, 2.75) is 6.42 Å². The Hall–Kier alpha value is -4.78. The highest BCUT2D eigenvalue weighted by Gasteiger charge is 2.23. The van der Waals surface area contributed by atoms with E-state index in [2.05, 4.69) is 96.5 Å². The Morgan fingerprint density at radius 3 is 1.71 bits per heavy atom. The Morgan fingerprint density at radius 1 is 0.457 bits per heavy atom. The van der Waals surface area contributed by atoms with Gasteiger partial charge in [0.1, 0.15) is 0 Å². The molecule has 0 saturated heterocycles. The van der Waals surface area contributed by atoms with E-state index in [4.69, 9.17) is 0 Å². The summed E-state index contributed by atoms with van der Waals surface area (Å²) in [5, 5.41) is 0. The van der Waals surface area contributed by atoms with Crippen molar-refractivity contribution in [3.8, 4) is 45.9 Å². The fourth-order valence-electron chi connectivity index (χ4n) is 4.72. The zero-order valence-electron chi connectivity index (χ0n) is 19.3. The lowest BCUT2D eigenvalue weighted by atomic mass is 9.91. The maximum Gasteiger partial charge on any atom is 0.0330 e.